The number of likely N-dealkylation sites (N-methyl/N-ethyl adjacent to an activating group) is 1. The van der Waals surface area contributed by atoms with E-state index in [0.717, 1.165) is 5.56 Å². The molecule has 1 aromatic rings. The number of aliphatic hydroxyl groups is 1. The second-order valence-electron chi connectivity index (χ2n) is 4.94. The van der Waals surface area contributed by atoms with Crippen molar-refractivity contribution in [1.82, 2.24) is 4.90 Å². The molecule has 0 aliphatic rings. The van der Waals surface area contributed by atoms with Gasteiger partial charge in [-0.3, -0.25) is 4.90 Å². The van der Waals surface area contributed by atoms with Gasteiger partial charge in [0.05, 0.1) is 17.2 Å². The van der Waals surface area contributed by atoms with E-state index >= 15 is 0 Å². The summed E-state index contributed by atoms with van der Waals surface area (Å²) in [5, 5.41) is 18.4. The van der Waals surface area contributed by atoms with Gasteiger partial charge in [0, 0.05) is 13.1 Å². The number of benzene rings is 1. The Morgan fingerprint density at radius 3 is 2.59 bits per heavy atom. The monoisotopic (exact) mass is 236 g/mol. The highest BCUT2D eigenvalue weighted by Crippen LogP contribution is 2.12. The molecule has 4 heteroatoms. The molecule has 17 heavy (non-hydrogen) atoms. The van der Waals surface area contributed by atoms with E-state index in [9.17, 15) is 9.50 Å². The Morgan fingerprint density at radius 2 is 2.06 bits per heavy atom. The molecule has 0 amide bonds. The first-order valence-electron chi connectivity index (χ1n) is 5.41. The molecule has 0 spiro atoms. The molecule has 0 fully saturated rings. The summed E-state index contributed by atoms with van der Waals surface area (Å²) in [6, 6.07) is 6.19. The van der Waals surface area contributed by atoms with Crippen molar-refractivity contribution in [2.75, 3.05) is 13.6 Å². The average Bonchev–Trinajstić information content (AvgIpc) is 2.13. The number of hydrogen-bond acceptors (Lipinski definition) is 3. The van der Waals surface area contributed by atoms with Crippen LogP contribution in [-0.2, 0) is 6.54 Å². The quantitative estimate of drug-likeness (QED) is 0.868. The van der Waals surface area contributed by atoms with Crippen LogP contribution in [0.4, 0.5) is 4.39 Å². The Bertz CT molecular complexity index is 432. The van der Waals surface area contributed by atoms with Crippen LogP contribution < -0.4 is 0 Å². The van der Waals surface area contributed by atoms with Gasteiger partial charge in [0.15, 0.2) is 0 Å². The fourth-order valence-electron chi connectivity index (χ4n) is 1.83. The molecule has 0 atom stereocenters. The smallest absolute Gasteiger partial charge is 0.124 e. The van der Waals surface area contributed by atoms with Crippen LogP contribution in [0.25, 0.3) is 0 Å². The molecule has 0 heterocycles. The minimum atomic E-state index is -0.792. The van der Waals surface area contributed by atoms with Gasteiger partial charge in [0.2, 0.25) is 0 Å². The van der Waals surface area contributed by atoms with E-state index in [4.69, 9.17) is 5.26 Å². The summed E-state index contributed by atoms with van der Waals surface area (Å²) in [6.45, 7) is 4.41. The van der Waals surface area contributed by atoms with Crippen molar-refractivity contribution in [3.63, 3.8) is 0 Å². The first-order chi connectivity index (χ1) is 7.80. The summed E-state index contributed by atoms with van der Waals surface area (Å²) in [6.07, 6.45) is 0. The standard InChI is InChI=1S/C13H17FN2O/c1-13(2,17)9-16(3)8-11-4-10(7-15)5-12(14)6-11/h4-6,17H,8-9H2,1-3H3. The van der Waals surface area contributed by atoms with E-state index in [0.29, 0.717) is 18.7 Å². The van der Waals surface area contributed by atoms with Crippen molar-refractivity contribution in [3.8, 4) is 6.07 Å². The summed E-state index contributed by atoms with van der Waals surface area (Å²) < 4.78 is 13.2. The second-order valence-corrected chi connectivity index (χ2v) is 4.94. The molecule has 0 radical (unpaired) electrons. The fourth-order valence-corrected chi connectivity index (χ4v) is 1.83. The van der Waals surface area contributed by atoms with Crippen molar-refractivity contribution >= 4 is 0 Å². The molecule has 0 aliphatic carbocycles. The molecule has 3 nitrogen and oxygen atoms in total. The van der Waals surface area contributed by atoms with Gasteiger partial charge in [-0.05, 0) is 44.7 Å². The number of nitrogens with zero attached hydrogens (tertiary/aromatic N) is 2. The van der Waals surface area contributed by atoms with Crippen molar-refractivity contribution < 1.29 is 9.50 Å². The molecule has 0 aliphatic heterocycles. The van der Waals surface area contributed by atoms with Gasteiger partial charge < -0.3 is 5.11 Å². The highest BCUT2D eigenvalue weighted by atomic mass is 19.1. The summed E-state index contributed by atoms with van der Waals surface area (Å²) in [5.41, 5.74) is 0.255. The fraction of sp³-hybridized carbons (Fsp3) is 0.462. The molecule has 1 N–H and O–H groups in total. The zero-order valence-electron chi connectivity index (χ0n) is 10.4. The maximum Gasteiger partial charge on any atom is 0.124 e. The predicted octanol–water partition coefficient (Wildman–Crippen LogP) is 1.90. The van der Waals surface area contributed by atoms with Crippen LogP contribution in [0.2, 0.25) is 0 Å². The third-order valence-electron chi connectivity index (χ3n) is 2.20. The Kier molecular flexibility index (Phi) is 4.22. The van der Waals surface area contributed by atoms with Gasteiger partial charge in [0.25, 0.3) is 0 Å². The highest BCUT2D eigenvalue weighted by molar-refractivity contribution is 5.33. The van der Waals surface area contributed by atoms with Crippen molar-refractivity contribution in [2.45, 2.75) is 26.0 Å². The molecular formula is C13H17FN2O. The lowest BCUT2D eigenvalue weighted by molar-refractivity contribution is 0.0425. The minimum Gasteiger partial charge on any atom is -0.389 e. The topological polar surface area (TPSA) is 47.3 Å². The van der Waals surface area contributed by atoms with Gasteiger partial charge in [-0.2, -0.15) is 5.26 Å². The molecule has 0 unspecified atom stereocenters. The van der Waals surface area contributed by atoms with E-state index in [-0.39, 0.29) is 0 Å². The summed E-state index contributed by atoms with van der Waals surface area (Å²) >= 11 is 0. The van der Waals surface area contributed by atoms with Gasteiger partial charge >= 0.3 is 0 Å². The normalized spacial score (nSPS) is 11.6. The van der Waals surface area contributed by atoms with Crippen LogP contribution in [0.3, 0.4) is 0 Å². The lowest BCUT2D eigenvalue weighted by atomic mass is 10.1. The Balaban J connectivity index is 2.75. The van der Waals surface area contributed by atoms with Crippen molar-refractivity contribution in [3.05, 3.63) is 35.1 Å². The van der Waals surface area contributed by atoms with Crippen LogP contribution in [0.15, 0.2) is 18.2 Å². The maximum absolute atomic E-state index is 13.2. The molecule has 0 bridgehead atoms. The molecule has 0 saturated heterocycles. The maximum atomic E-state index is 13.2. The predicted molar refractivity (Wildman–Crippen MR) is 63.7 cm³/mol. The molecule has 0 aromatic heterocycles. The minimum absolute atomic E-state index is 0.316. The number of nitriles is 1. The number of rotatable bonds is 4. The summed E-state index contributed by atoms with van der Waals surface area (Å²) in [5.74, 6) is -0.407. The second kappa shape index (κ2) is 5.26. The first-order valence-corrected chi connectivity index (χ1v) is 5.41. The largest absolute Gasteiger partial charge is 0.389 e. The number of halogens is 1. The van der Waals surface area contributed by atoms with Gasteiger partial charge in [-0.15, -0.1) is 0 Å². The van der Waals surface area contributed by atoms with Crippen molar-refractivity contribution in [2.24, 2.45) is 0 Å². The van der Waals surface area contributed by atoms with Gasteiger partial charge in [-0.1, -0.05) is 0 Å². The van der Waals surface area contributed by atoms with Gasteiger partial charge in [-0.25, -0.2) is 4.39 Å². The lowest BCUT2D eigenvalue weighted by Gasteiger charge is -2.25. The molecule has 0 saturated carbocycles. The third-order valence-corrected chi connectivity index (χ3v) is 2.20. The van der Waals surface area contributed by atoms with E-state index in [1.165, 1.54) is 12.1 Å². The highest BCUT2D eigenvalue weighted by Gasteiger charge is 2.15. The average molecular weight is 236 g/mol. The van der Waals surface area contributed by atoms with E-state index in [2.05, 4.69) is 0 Å². The zero-order chi connectivity index (χ0) is 13.1. The molecule has 1 rings (SSSR count). The van der Waals surface area contributed by atoms with Crippen LogP contribution >= 0.6 is 0 Å². The molecular weight excluding hydrogens is 219 g/mol. The van der Waals surface area contributed by atoms with Crippen LogP contribution in [-0.4, -0.2) is 29.2 Å². The molecule has 1 aromatic carbocycles. The SMILES string of the molecule is CN(Cc1cc(F)cc(C#N)c1)CC(C)(C)O. The molecule has 92 valence electrons. The Hall–Kier alpha value is -1.44. The van der Waals surface area contributed by atoms with Crippen LogP contribution in [0, 0.1) is 17.1 Å². The van der Waals surface area contributed by atoms with Crippen LogP contribution in [0.1, 0.15) is 25.0 Å². The summed E-state index contributed by atoms with van der Waals surface area (Å²) in [4.78, 5) is 1.88. The number of hydrogen-bond donors (Lipinski definition) is 1. The van der Waals surface area contributed by atoms with E-state index in [1.807, 2.05) is 18.0 Å². The Labute approximate surface area is 101 Å². The van der Waals surface area contributed by atoms with Gasteiger partial charge in [0.1, 0.15) is 5.82 Å². The first kappa shape index (κ1) is 13.6. The van der Waals surface area contributed by atoms with E-state index in [1.54, 1.807) is 19.9 Å². The summed E-state index contributed by atoms with van der Waals surface area (Å²) in [7, 11) is 1.84. The lowest BCUT2D eigenvalue weighted by Crippen LogP contribution is -2.35. The zero-order valence-corrected chi connectivity index (χ0v) is 10.4. The third kappa shape index (κ3) is 4.94. The van der Waals surface area contributed by atoms with E-state index < -0.39 is 11.4 Å². The Morgan fingerprint density at radius 1 is 1.41 bits per heavy atom. The van der Waals surface area contributed by atoms with Crippen molar-refractivity contribution in [1.29, 1.82) is 5.26 Å². The van der Waals surface area contributed by atoms with Crippen LogP contribution in [0.5, 0.6) is 0 Å².